The van der Waals surface area contributed by atoms with Gasteiger partial charge in [0.2, 0.25) is 5.91 Å². The number of nitrogens with zero attached hydrogens (tertiary/aromatic N) is 2. The molecule has 0 fully saturated rings. The molecular formula is C14H9BrFN3O2S. The topological polar surface area (TPSA) is 64.0 Å². The number of aromatic nitrogens is 2. The first-order valence-corrected chi connectivity index (χ1v) is 7.89. The van der Waals surface area contributed by atoms with Crippen LogP contribution in [0.2, 0.25) is 0 Å². The second-order valence-electron chi connectivity index (χ2n) is 4.49. The maximum absolute atomic E-state index is 13.7. The molecule has 3 rings (SSSR count). The molecule has 0 aliphatic carbocycles. The van der Waals surface area contributed by atoms with Crippen molar-refractivity contribution in [2.75, 3.05) is 5.32 Å². The standard InChI is InChI=1S/C14H9BrFN3O2S/c15-8-1-2-11(10(16)5-8)18-12(20)6-19-7-17-13-9(14(19)21)3-4-22-13/h1-5,7H,6H2,(H,18,20). The molecule has 1 N–H and O–H groups in total. The molecule has 1 amide bonds. The van der Waals surface area contributed by atoms with E-state index >= 15 is 0 Å². The fraction of sp³-hybridized carbons (Fsp3) is 0.0714. The summed E-state index contributed by atoms with van der Waals surface area (Å²) in [7, 11) is 0. The highest BCUT2D eigenvalue weighted by Crippen LogP contribution is 2.19. The molecule has 0 atom stereocenters. The van der Waals surface area contributed by atoms with Gasteiger partial charge in [0.1, 0.15) is 17.2 Å². The van der Waals surface area contributed by atoms with Gasteiger partial charge in [-0.15, -0.1) is 11.3 Å². The maximum Gasteiger partial charge on any atom is 0.262 e. The Bertz CT molecular complexity index is 922. The maximum atomic E-state index is 13.7. The van der Waals surface area contributed by atoms with Crippen molar-refractivity contribution >= 4 is 49.1 Å². The Balaban J connectivity index is 1.81. The van der Waals surface area contributed by atoms with Gasteiger partial charge in [0, 0.05) is 4.47 Å². The van der Waals surface area contributed by atoms with Crippen LogP contribution in [-0.2, 0) is 11.3 Å². The number of carbonyl (C=O) groups excluding carboxylic acids is 1. The zero-order valence-corrected chi connectivity index (χ0v) is 13.4. The van der Waals surface area contributed by atoms with Gasteiger partial charge in [0.15, 0.2) is 0 Å². The van der Waals surface area contributed by atoms with E-state index in [1.165, 1.54) is 34.4 Å². The average molecular weight is 382 g/mol. The minimum atomic E-state index is -0.554. The lowest BCUT2D eigenvalue weighted by Crippen LogP contribution is -2.27. The molecule has 22 heavy (non-hydrogen) atoms. The lowest BCUT2D eigenvalue weighted by Gasteiger charge is -2.08. The molecular weight excluding hydrogens is 373 g/mol. The molecule has 112 valence electrons. The first kappa shape index (κ1) is 14.9. The van der Waals surface area contributed by atoms with Crippen LogP contribution in [0.15, 0.2) is 45.2 Å². The summed E-state index contributed by atoms with van der Waals surface area (Å²) in [6.07, 6.45) is 1.32. The second-order valence-corrected chi connectivity index (χ2v) is 6.30. The van der Waals surface area contributed by atoms with E-state index in [9.17, 15) is 14.0 Å². The number of halogens is 2. The summed E-state index contributed by atoms with van der Waals surface area (Å²) < 4.78 is 15.4. The van der Waals surface area contributed by atoms with E-state index in [0.29, 0.717) is 14.7 Å². The fourth-order valence-electron chi connectivity index (χ4n) is 1.94. The zero-order valence-electron chi connectivity index (χ0n) is 11.0. The van der Waals surface area contributed by atoms with Gasteiger partial charge < -0.3 is 5.32 Å². The smallest absolute Gasteiger partial charge is 0.262 e. The van der Waals surface area contributed by atoms with Crippen molar-refractivity contribution in [3.05, 3.63) is 56.6 Å². The van der Waals surface area contributed by atoms with Crippen LogP contribution in [0.4, 0.5) is 10.1 Å². The predicted molar refractivity (Wildman–Crippen MR) is 86.6 cm³/mol. The largest absolute Gasteiger partial charge is 0.322 e. The van der Waals surface area contributed by atoms with Crippen LogP contribution in [0.5, 0.6) is 0 Å². The third-order valence-electron chi connectivity index (χ3n) is 2.97. The number of anilines is 1. The van der Waals surface area contributed by atoms with Gasteiger partial charge in [0.25, 0.3) is 5.56 Å². The number of rotatable bonds is 3. The number of thiophene rings is 1. The van der Waals surface area contributed by atoms with Crippen LogP contribution in [0, 0.1) is 5.82 Å². The normalized spacial score (nSPS) is 10.8. The van der Waals surface area contributed by atoms with Crippen molar-refractivity contribution in [3.63, 3.8) is 0 Å². The van der Waals surface area contributed by atoms with Gasteiger partial charge in [-0.25, -0.2) is 9.37 Å². The van der Waals surface area contributed by atoms with E-state index in [4.69, 9.17) is 0 Å². The Kier molecular flexibility index (Phi) is 4.04. The Hall–Kier alpha value is -2.06. The molecule has 0 saturated carbocycles. The Morgan fingerprint density at radius 2 is 2.23 bits per heavy atom. The molecule has 0 radical (unpaired) electrons. The van der Waals surface area contributed by atoms with Crippen molar-refractivity contribution in [1.82, 2.24) is 9.55 Å². The fourth-order valence-corrected chi connectivity index (χ4v) is 3.00. The molecule has 0 unspecified atom stereocenters. The molecule has 2 heterocycles. The summed E-state index contributed by atoms with van der Waals surface area (Å²) in [6, 6.07) is 5.98. The van der Waals surface area contributed by atoms with Crippen LogP contribution in [0.25, 0.3) is 10.2 Å². The SMILES string of the molecule is O=C(Cn1cnc2sccc2c1=O)Nc1ccc(Br)cc1F. The Labute approximate surface area is 136 Å². The highest BCUT2D eigenvalue weighted by molar-refractivity contribution is 9.10. The molecule has 0 saturated heterocycles. The van der Waals surface area contributed by atoms with E-state index in [2.05, 4.69) is 26.2 Å². The van der Waals surface area contributed by atoms with E-state index in [0.717, 1.165) is 0 Å². The molecule has 2 aromatic heterocycles. The number of amides is 1. The minimum absolute atomic E-state index is 0.0609. The van der Waals surface area contributed by atoms with Crippen molar-refractivity contribution in [1.29, 1.82) is 0 Å². The second kappa shape index (κ2) is 5.98. The van der Waals surface area contributed by atoms with Crippen molar-refractivity contribution < 1.29 is 9.18 Å². The summed E-state index contributed by atoms with van der Waals surface area (Å²) in [5.74, 6) is -1.05. The number of hydrogen-bond acceptors (Lipinski definition) is 4. The lowest BCUT2D eigenvalue weighted by molar-refractivity contribution is -0.116. The highest BCUT2D eigenvalue weighted by Gasteiger charge is 2.11. The molecule has 8 heteroatoms. The zero-order chi connectivity index (χ0) is 15.7. The van der Waals surface area contributed by atoms with E-state index in [1.807, 2.05) is 0 Å². The first-order valence-electron chi connectivity index (χ1n) is 6.22. The van der Waals surface area contributed by atoms with Crippen LogP contribution in [-0.4, -0.2) is 15.5 Å². The predicted octanol–water partition coefficient (Wildman–Crippen LogP) is 3.00. The van der Waals surface area contributed by atoms with Gasteiger partial charge in [-0.1, -0.05) is 15.9 Å². The quantitative estimate of drug-likeness (QED) is 0.758. The number of benzene rings is 1. The van der Waals surface area contributed by atoms with Crippen LogP contribution >= 0.6 is 27.3 Å². The van der Waals surface area contributed by atoms with Crippen molar-refractivity contribution in [3.8, 4) is 0 Å². The minimum Gasteiger partial charge on any atom is -0.322 e. The molecule has 5 nitrogen and oxygen atoms in total. The average Bonchev–Trinajstić information content (AvgIpc) is 2.94. The Morgan fingerprint density at radius 1 is 1.41 bits per heavy atom. The van der Waals surface area contributed by atoms with Crippen LogP contribution in [0.3, 0.4) is 0 Å². The molecule has 0 aliphatic heterocycles. The third-order valence-corrected chi connectivity index (χ3v) is 4.28. The lowest BCUT2D eigenvalue weighted by atomic mass is 10.3. The summed E-state index contributed by atoms with van der Waals surface area (Å²) in [6.45, 7) is -0.229. The molecule has 0 aliphatic rings. The molecule has 3 aromatic rings. The van der Waals surface area contributed by atoms with Gasteiger partial charge >= 0.3 is 0 Å². The summed E-state index contributed by atoms with van der Waals surface area (Å²) in [5.41, 5.74) is -0.233. The van der Waals surface area contributed by atoms with Crippen molar-refractivity contribution in [2.24, 2.45) is 0 Å². The van der Waals surface area contributed by atoms with Gasteiger partial charge in [-0.05, 0) is 29.6 Å². The summed E-state index contributed by atoms with van der Waals surface area (Å²) >= 11 is 4.50. The summed E-state index contributed by atoms with van der Waals surface area (Å²) in [4.78, 5) is 28.9. The van der Waals surface area contributed by atoms with Gasteiger partial charge in [-0.3, -0.25) is 14.2 Å². The van der Waals surface area contributed by atoms with Crippen LogP contribution < -0.4 is 10.9 Å². The molecule has 1 aromatic carbocycles. The summed E-state index contributed by atoms with van der Waals surface area (Å²) in [5, 5.41) is 4.67. The number of fused-ring (bicyclic) bond motifs is 1. The van der Waals surface area contributed by atoms with Gasteiger partial charge in [-0.2, -0.15) is 0 Å². The highest BCUT2D eigenvalue weighted by atomic mass is 79.9. The number of hydrogen-bond donors (Lipinski definition) is 1. The van der Waals surface area contributed by atoms with E-state index in [-0.39, 0.29) is 17.8 Å². The number of nitrogens with one attached hydrogen (secondary N) is 1. The van der Waals surface area contributed by atoms with E-state index < -0.39 is 11.7 Å². The van der Waals surface area contributed by atoms with E-state index in [1.54, 1.807) is 17.5 Å². The van der Waals surface area contributed by atoms with Gasteiger partial charge in [0.05, 0.1) is 17.4 Å². The molecule has 0 spiro atoms. The van der Waals surface area contributed by atoms with Crippen molar-refractivity contribution in [2.45, 2.75) is 6.54 Å². The number of carbonyl (C=O) groups is 1. The Morgan fingerprint density at radius 3 is 3.00 bits per heavy atom. The monoisotopic (exact) mass is 381 g/mol. The molecule has 0 bridgehead atoms. The van der Waals surface area contributed by atoms with Crippen LogP contribution in [0.1, 0.15) is 0 Å². The first-order chi connectivity index (χ1) is 10.5. The third kappa shape index (κ3) is 2.93.